The van der Waals surface area contributed by atoms with Crippen molar-refractivity contribution < 1.29 is 29.3 Å². The lowest BCUT2D eigenvalue weighted by atomic mass is 10.2. The Morgan fingerprint density at radius 1 is 1.28 bits per heavy atom. The van der Waals surface area contributed by atoms with Gasteiger partial charge in [0.25, 0.3) is 0 Å². The Hall–Kier alpha value is -2.24. The van der Waals surface area contributed by atoms with Crippen LogP contribution in [0.4, 0.5) is 0 Å². The minimum absolute atomic E-state index is 0.00463. The van der Waals surface area contributed by atoms with Gasteiger partial charge in [-0.3, -0.25) is 4.79 Å². The van der Waals surface area contributed by atoms with Crippen molar-refractivity contribution in [1.82, 2.24) is 0 Å². The molecule has 0 saturated heterocycles. The number of rotatable bonds is 4. The average molecular weight is 254 g/mol. The normalized spacial score (nSPS) is 9.89. The zero-order valence-electron chi connectivity index (χ0n) is 10.1. The van der Waals surface area contributed by atoms with E-state index in [4.69, 9.17) is 4.74 Å². The fourth-order valence-corrected chi connectivity index (χ4v) is 1.22. The van der Waals surface area contributed by atoms with Gasteiger partial charge in [0.15, 0.2) is 11.5 Å². The van der Waals surface area contributed by atoms with Gasteiger partial charge in [0.05, 0.1) is 12.2 Å². The zero-order valence-corrected chi connectivity index (χ0v) is 10.1. The van der Waals surface area contributed by atoms with Gasteiger partial charge < -0.3 is 19.7 Å². The number of hydrogen-bond acceptors (Lipinski definition) is 6. The summed E-state index contributed by atoms with van der Waals surface area (Å²) in [6, 6.07) is 2.18. The molecule has 0 unspecified atom stereocenters. The van der Waals surface area contributed by atoms with Crippen molar-refractivity contribution in [2.45, 2.75) is 20.3 Å². The summed E-state index contributed by atoms with van der Waals surface area (Å²) < 4.78 is 9.52. The van der Waals surface area contributed by atoms with Crippen molar-refractivity contribution >= 4 is 11.9 Å². The van der Waals surface area contributed by atoms with Crippen molar-refractivity contribution in [3.05, 3.63) is 17.7 Å². The Morgan fingerprint density at radius 3 is 2.50 bits per heavy atom. The molecule has 0 atom stereocenters. The highest BCUT2D eigenvalue weighted by atomic mass is 16.5. The summed E-state index contributed by atoms with van der Waals surface area (Å²) in [5, 5.41) is 18.9. The standard InChI is InChI=1S/C12H14O6/c1-3-4-17-12(16)8-5-9(14)11(15)10(6-8)18-7(2)13/h5-6,14-15H,3-4H2,1-2H3. The molecule has 0 aliphatic heterocycles. The van der Waals surface area contributed by atoms with Gasteiger partial charge in [-0.15, -0.1) is 0 Å². The Bertz CT molecular complexity index is 466. The van der Waals surface area contributed by atoms with Crippen LogP contribution in [0.25, 0.3) is 0 Å². The van der Waals surface area contributed by atoms with Gasteiger partial charge in [0, 0.05) is 6.92 Å². The van der Waals surface area contributed by atoms with Gasteiger partial charge >= 0.3 is 11.9 Å². The lowest BCUT2D eigenvalue weighted by Crippen LogP contribution is -2.07. The maximum Gasteiger partial charge on any atom is 0.338 e. The summed E-state index contributed by atoms with van der Waals surface area (Å²) in [5.41, 5.74) is -0.00463. The molecular formula is C12H14O6. The minimum atomic E-state index is -0.677. The molecule has 6 heteroatoms. The Morgan fingerprint density at radius 2 is 1.94 bits per heavy atom. The van der Waals surface area contributed by atoms with E-state index in [-0.39, 0.29) is 17.9 Å². The fraction of sp³-hybridized carbons (Fsp3) is 0.333. The average Bonchev–Trinajstić information content (AvgIpc) is 2.31. The van der Waals surface area contributed by atoms with Gasteiger partial charge in [-0.1, -0.05) is 6.92 Å². The molecule has 0 spiro atoms. The van der Waals surface area contributed by atoms with E-state index in [0.29, 0.717) is 6.42 Å². The van der Waals surface area contributed by atoms with Gasteiger partial charge in [0.1, 0.15) is 0 Å². The van der Waals surface area contributed by atoms with E-state index in [1.54, 1.807) is 0 Å². The summed E-state index contributed by atoms with van der Waals surface area (Å²) in [6.45, 7) is 3.22. The van der Waals surface area contributed by atoms with Crippen molar-refractivity contribution in [2.24, 2.45) is 0 Å². The second-order valence-electron chi connectivity index (χ2n) is 3.57. The first-order chi connectivity index (χ1) is 8.45. The molecule has 2 N–H and O–H groups in total. The third-order valence-electron chi connectivity index (χ3n) is 1.98. The predicted molar refractivity (Wildman–Crippen MR) is 61.7 cm³/mol. The van der Waals surface area contributed by atoms with E-state index in [2.05, 4.69) is 4.74 Å². The van der Waals surface area contributed by atoms with Crippen LogP contribution in [0.3, 0.4) is 0 Å². The molecule has 0 fully saturated rings. The molecule has 18 heavy (non-hydrogen) atoms. The number of phenols is 2. The molecule has 98 valence electrons. The van der Waals surface area contributed by atoms with E-state index in [0.717, 1.165) is 19.1 Å². The molecule has 0 aromatic heterocycles. The molecule has 0 amide bonds. The molecule has 0 aliphatic rings. The van der Waals surface area contributed by atoms with Crippen LogP contribution in [-0.4, -0.2) is 28.8 Å². The number of carbonyl (C=O) groups excluding carboxylic acids is 2. The van der Waals surface area contributed by atoms with Crippen LogP contribution in [0.2, 0.25) is 0 Å². The first kappa shape index (κ1) is 13.8. The third-order valence-corrected chi connectivity index (χ3v) is 1.98. The Kier molecular flexibility index (Phi) is 4.53. The van der Waals surface area contributed by atoms with Gasteiger partial charge in [-0.25, -0.2) is 4.79 Å². The van der Waals surface area contributed by atoms with Gasteiger partial charge in [0.2, 0.25) is 5.75 Å². The smallest absolute Gasteiger partial charge is 0.338 e. The van der Waals surface area contributed by atoms with Crippen LogP contribution in [-0.2, 0) is 9.53 Å². The third kappa shape index (κ3) is 3.38. The van der Waals surface area contributed by atoms with Gasteiger partial charge in [-0.2, -0.15) is 0 Å². The second kappa shape index (κ2) is 5.90. The molecule has 0 bridgehead atoms. The maximum atomic E-state index is 11.5. The number of hydrogen-bond donors (Lipinski definition) is 2. The largest absolute Gasteiger partial charge is 0.504 e. The van der Waals surface area contributed by atoms with Gasteiger partial charge in [-0.05, 0) is 18.6 Å². The molecule has 1 aromatic rings. The number of phenolic OH excluding ortho intramolecular Hbond substituents is 2. The predicted octanol–water partition coefficient (Wildman–Crippen LogP) is 1.59. The SMILES string of the molecule is CCCOC(=O)c1cc(O)c(O)c(OC(C)=O)c1. The highest BCUT2D eigenvalue weighted by Gasteiger charge is 2.17. The van der Waals surface area contributed by atoms with Crippen LogP contribution < -0.4 is 4.74 Å². The topological polar surface area (TPSA) is 93.1 Å². The summed E-state index contributed by atoms with van der Waals surface area (Å²) >= 11 is 0. The van der Waals surface area contributed by atoms with Crippen LogP contribution in [0.1, 0.15) is 30.6 Å². The number of esters is 2. The quantitative estimate of drug-likeness (QED) is 0.481. The van der Waals surface area contributed by atoms with Crippen molar-refractivity contribution in [3.8, 4) is 17.2 Å². The maximum absolute atomic E-state index is 11.5. The molecular weight excluding hydrogens is 240 g/mol. The van der Waals surface area contributed by atoms with Crippen LogP contribution in [0.15, 0.2) is 12.1 Å². The first-order valence-corrected chi connectivity index (χ1v) is 5.37. The molecule has 1 rings (SSSR count). The summed E-state index contributed by atoms with van der Waals surface area (Å²) in [6.07, 6.45) is 0.659. The monoisotopic (exact) mass is 254 g/mol. The highest BCUT2D eigenvalue weighted by Crippen LogP contribution is 2.36. The number of ether oxygens (including phenoxy) is 2. The van der Waals surface area contributed by atoms with Crippen LogP contribution in [0, 0.1) is 0 Å². The number of carbonyl (C=O) groups is 2. The molecule has 0 saturated carbocycles. The van der Waals surface area contributed by atoms with E-state index < -0.39 is 23.4 Å². The summed E-state index contributed by atoms with van der Waals surface area (Å²) in [7, 11) is 0. The number of aromatic hydroxyl groups is 2. The van der Waals surface area contributed by atoms with Crippen molar-refractivity contribution in [2.75, 3.05) is 6.61 Å². The zero-order chi connectivity index (χ0) is 13.7. The van der Waals surface area contributed by atoms with E-state index in [1.165, 1.54) is 0 Å². The lowest BCUT2D eigenvalue weighted by Gasteiger charge is -2.09. The Balaban J connectivity index is 3.03. The molecule has 6 nitrogen and oxygen atoms in total. The molecule has 0 heterocycles. The Labute approximate surface area is 104 Å². The molecule has 1 aromatic carbocycles. The van der Waals surface area contributed by atoms with Crippen LogP contribution >= 0.6 is 0 Å². The fourth-order valence-electron chi connectivity index (χ4n) is 1.22. The summed E-state index contributed by atoms with van der Waals surface area (Å²) in [5.74, 6) is -2.79. The molecule has 0 aliphatic carbocycles. The van der Waals surface area contributed by atoms with E-state index in [9.17, 15) is 19.8 Å². The highest BCUT2D eigenvalue weighted by molar-refractivity contribution is 5.91. The molecule has 0 radical (unpaired) electrons. The number of benzene rings is 1. The summed E-state index contributed by atoms with van der Waals surface area (Å²) in [4.78, 5) is 22.3. The van der Waals surface area contributed by atoms with Crippen molar-refractivity contribution in [1.29, 1.82) is 0 Å². The second-order valence-corrected chi connectivity index (χ2v) is 3.57. The first-order valence-electron chi connectivity index (χ1n) is 5.37. The van der Waals surface area contributed by atoms with Crippen molar-refractivity contribution in [3.63, 3.8) is 0 Å². The van der Waals surface area contributed by atoms with E-state index >= 15 is 0 Å². The van der Waals surface area contributed by atoms with E-state index in [1.807, 2.05) is 6.92 Å². The minimum Gasteiger partial charge on any atom is -0.504 e. The van der Waals surface area contributed by atoms with Crippen LogP contribution in [0.5, 0.6) is 17.2 Å². The lowest BCUT2D eigenvalue weighted by molar-refractivity contribution is -0.132.